The molecular formula is C31H44N8O4S2. The fraction of sp³-hybridized carbons (Fsp3) is 0.419. The first kappa shape index (κ1) is 37.1. The van der Waals surface area contributed by atoms with E-state index in [1.165, 1.54) is 15.7 Å². The number of hydrogen-bond donors (Lipinski definition) is 0. The molecule has 0 fully saturated rings. The second kappa shape index (κ2) is 16.3. The van der Waals surface area contributed by atoms with Crippen LogP contribution in [0.3, 0.4) is 0 Å². The molecule has 14 heteroatoms. The Morgan fingerprint density at radius 2 is 1.24 bits per heavy atom. The lowest BCUT2D eigenvalue weighted by Gasteiger charge is -2.17. The predicted octanol–water partition coefficient (Wildman–Crippen LogP) is 4.78. The number of aromatic nitrogens is 6. The highest BCUT2D eigenvalue weighted by molar-refractivity contribution is 7.99. The van der Waals surface area contributed by atoms with E-state index in [2.05, 4.69) is 33.8 Å². The molecule has 45 heavy (non-hydrogen) atoms. The van der Waals surface area contributed by atoms with Gasteiger partial charge in [-0.2, -0.15) is 11.8 Å². The lowest BCUT2D eigenvalue weighted by molar-refractivity contribution is 0.0977. The van der Waals surface area contributed by atoms with E-state index in [0.29, 0.717) is 28.1 Å². The zero-order chi connectivity index (χ0) is 32.6. The number of anilines is 2. The maximum absolute atomic E-state index is 12.6. The molecule has 0 N–H and O–H groups in total. The van der Waals surface area contributed by atoms with E-state index in [1.54, 1.807) is 83.0 Å². The molecule has 4 heterocycles. The van der Waals surface area contributed by atoms with Crippen molar-refractivity contribution < 1.29 is 18.0 Å². The number of hydrogen-bond acceptors (Lipinski definition) is 9. The van der Waals surface area contributed by atoms with Crippen LogP contribution in [-0.2, 0) is 35.4 Å². The quantitative estimate of drug-likeness (QED) is 0.236. The van der Waals surface area contributed by atoms with Gasteiger partial charge < -0.3 is 18.9 Å². The van der Waals surface area contributed by atoms with Gasteiger partial charge in [-0.1, -0.05) is 21.3 Å². The summed E-state index contributed by atoms with van der Waals surface area (Å²) in [7, 11) is 3.63. The van der Waals surface area contributed by atoms with E-state index in [-0.39, 0.29) is 25.0 Å². The summed E-state index contributed by atoms with van der Waals surface area (Å²) >= 11 is 1.81. The first-order valence-electron chi connectivity index (χ1n) is 13.9. The molecule has 0 aliphatic heterocycles. The second-order valence-electron chi connectivity index (χ2n) is 10.6. The van der Waals surface area contributed by atoms with Gasteiger partial charge in [-0.25, -0.2) is 18.4 Å². The fourth-order valence-corrected chi connectivity index (χ4v) is 5.54. The molecule has 0 aliphatic carbocycles. The van der Waals surface area contributed by atoms with Gasteiger partial charge in [-0.3, -0.25) is 19.6 Å². The van der Waals surface area contributed by atoms with Gasteiger partial charge in [-0.05, 0) is 43.4 Å². The Morgan fingerprint density at radius 1 is 0.800 bits per heavy atom. The van der Waals surface area contributed by atoms with Crippen LogP contribution in [0.5, 0.6) is 0 Å². The van der Waals surface area contributed by atoms with Crippen molar-refractivity contribution in [3.8, 4) is 0 Å². The van der Waals surface area contributed by atoms with Gasteiger partial charge in [0.1, 0.15) is 28.8 Å². The Morgan fingerprint density at radius 3 is 1.64 bits per heavy atom. The van der Waals surface area contributed by atoms with Gasteiger partial charge in [-0.15, -0.1) is 0 Å². The van der Waals surface area contributed by atoms with E-state index in [1.807, 2.05) is 35.5 Å². The topological polar surface area (TPSA) is 136 Å². The second-order valence-corrected chi connectivity index (χ2v) is 14.7. The fourth-order valence-electron chi connectivity index (χ4n) is 3.83. The highest BCUT2D eigenvalue weighted by atomic mass is 32.2. The number of imidazole rings is 2. The number of thioether (sulfide) groups is 1. The van der Waals surface area contributed by atoms with Crippen LogP contribution in [0.25, 0.3) is 0 Å². The molecule has 0 bridgehead atoms. The highest BCUT2D eigenvalue weighted by Crippen LogP contribution is 2.19. The van der Waals surface area contributed by atoms with Crippen molar-refractivity contribution >= 4 is 44.8 Å². The Hall–Kier alpha value is -4.04. The van der Waals surface area contributed by atoms with Gasteiger partial charge in [0.05, 0.1) is 47.2 Å². The minimum Gasteiger partial charge on any atom is -0.326 e. The zero-order valence-corrected chi connectivity index (χ0v) is 28.0. The number of nitrogens with zero attached hydrogens (tertiary/aromatic N) is 8. The number of sulfone groups is 1. The van der Waals surface area contributed by atoms with E-state index in [0.717, 1.165) is 17.3 Å². The minimum absolute atomic E-state index is 0. The van der Waals surface area contributed by atoms with Crippen molar-refractivity contribution in [1.29, 1.82) is 0 Å². The molecule has 0 aromatic carbocycles. The molecule has 4 rings (SSSR count). The summed E-state index contributed by atoms with van der Waals surface area (Å²) in [5, 5.41) is 0.0512. The third-order valence-electron chi connectivity index (χ3n) is 6.88. The molecule has 0 saturated heterocycles. The first-order chi connectivity index (χ1) is 20.7. The molecule has 12 nitrogen and oxygen atoms in total. The number of carbonyl (C=O) groups is 2. The van der Waals surface area contributed by atoms with Crippen LogP contribution in [0.1, 0.15) is 67.7 Å². The van der Waals surface area contributed by atoms with Crippen molar-refractivity contribution in [2.24, 2.45) is 14.1 Å². The number of amides is 2. The van der Waals surface area contributed by atoms with Crippen LogP contribution >= 0.6 is 11.8 Å². The van der Waals surface area contributed by atoms with Crippen molar-refractivity contribution in [3.63, 3.8) is 0 Å². The molecule has 0 saturated carbocycles. The van der Waals surface area contributed by atoms with Crippen LogP contribution in [0.15, 0.2) is 61.4 Å². The molecule has 0 spiro atoms. The van der Waals surface area contributed by atoms with E-state index in [4.69, 9.17) is 0 Å². The molecular weight excluding hydrogens is 613 g/mol. The van der Waals surface area contributed by atoms with Crippen LogP contribution in [0.2, 0.25) is 0 Å². The van der Waals surface area contributed by atoms with Gasteiger partial charge in [0.15, 0.2) is 9.84 Å². The number of carbonyl (C=O) groups excluding carboxylic acids is 2. The summed E-state index contributed by atoms with van der Waals surface area (Å²) in [4.78, 5) is 44.6. The van der Waals surface area contributed by atoms with Crippen molar-refractivity contribution in [3.05, 3.63) is 84.5 Å². The Labute approximate surface area is 270 Å². The van der Waals surface area contributed by atoms with E-state index in [9.17, 15) is 18.0 Å². The van der Waals surface area contributed by atoms with Crippen molar-refractivity contribution in [1.82, 2.24) is 29.1 Å². The highest BCUT2D eigenvalue weighted by Gasteiger charge is 2.24. The lowest BCUT2D eigenvalue weighted by Crippen LogP contribution is -2.28. The number of pyridine rings is 2. The normalized spacial score (nSPS) is 11.1. The first-order valence-corrected chi connectivity index (χ1v) is 16.7. The monoisotopic (exact) mass is 656 g/mol. The smallest absolute Gasteiger partial charge is 0.276 e. The largest absolute Gasteiger partial charge is 0.326 e. The zero-order valence-electron chi connectivity index (χ0n) is 26.4. The number of rotatable bonds is 10. The summed E-state index contributed by atoms with van der Waals surface area (Å²) in [5.41, 5.74) is 2.32. The van der Waals surface area contributed by atoms with Crippen LogP contribution in [-0.4, -0.2) is 73.9 Å². The summed E-state index contributed by atoms with van der Waals surface area (Å²) in [6.45, 7) is 7.55. The Bertz CT molecular complexity index is 1650. The molecule has 4 aromatic rings. The summed E-state index contributed by atoms with van der Waals surface area (Å²) in [5.74, 6) is 1.52. The molecule has 0 radical (unpaired) electrons. The van der Waals surface area contributed by atoms with Crippen LogP contribution in [0.4, 0.5) is 11.4 Å². The Balaban J connectivity index is 0.000000308. The lowest BCUT2D eigenvalue weighted by atomic mass is 10.3. The third kappa shape index (κ3) is 9.47. The molecule has 0 aliphatic rings. The molecule has 4 aromatic heterocycles. The third-order valence-corrected chi connectivity index (χ3v) is 10.1. The van der Waals surface area contributed by atoms with Crippen LogP contribution < -0.4 is 9.80 Å². The average molecular weight is 657 g/mol. The van der Waals surface area contributed by atoms with Gasteiger partial charge in [0, 0.05) is 40.6 Å². The predicted molar refractivity (Wildman–Crippen MR) is 181 cm³/mol. The summed E-state index contributed by atoms with van der Waals surface area (Å²) in [6.07, 6.45) is 9.61. The molecule has 0 atom stereocenters. The van der Waals surface area contributed by atoms with Crippen LogP contribution in [0, 0.1) is 0 Å². The van der Waals surface area contributed by atoms with Gasteiger partial charge in [0.25, 0.3) is 11.8 Å². The molecule has 244 valence electrons. The van der Waals surface area contributed by atoms with Gasteiger partial charge >= 0.3 is 0 Å². The van der Waals surface area contributed by atoms with E-state index >= 15 is 0 Å². The minimum atomic E-state index is -3.28. The molecule has 0 unspecified atom stereocenters. The van der Waals surface area contributed by atoms with Crippen molar-refractivity contribution in [2.45, 2.75) is 57.1 Å². The van der Waals surface area contributed by atoms with Gasteiger partial charge in [0.2, 0.25) is 0 Å². The maximum atomic E-state index is 12.6. The van der Waals surface area contributed by atoms with E-state index < -0.39 is 15.1 Å². The summed E-state index contributed by atoms with van der Waals surface area (Å²) < 4.78 is 27.4. The standard InChI is InChI=1S/C15H20N4O3S.C15H20N4OS.CH4/c1-11(2)23(21,22)10-14-17-9-13(19(14)4)15(20)18(3)12-6-5-7-16-8-12;1-11(2)21-10-14-17-9-13(19(14)4)15(20)18(3)12-6-5-7-16-8-12;/h5-9,11H,10H2,1-4H3;5-9,11H,10H2,1-4H3;1H4. The summed E-state index contributed by atoms with van der Waals surface area (Å²) in [6, 6.07) is 7.18. The van der Waals surface area contributed by atoms with Crippen molar-refractivity contribution in [2.75, 3.05) is 23.9 Å². The Kier molecular flexibility index (Phi) is 13.5. The molecule has 2 amide bonds. The average Bonchev–Trinajstić information content (AvgIpc) is 3.56. The maximum Gasteiger partial charge on any atom is 0.276 e. The SMILES string of the molecule is C.CC(C)S(=O)(=O)Cc1ncc(C(=O)N(C)c2cccnc2)n1C.CC(C)SCc1ncc(C(=O)N(C)c2cccnc2)n1C.